The predicted octanol–water partition coefficient (Wildman–Crippen LogP) is 1.06. The molecule has 0 bridgehead atoms. The molecule has 0 spiro atoms. The van der Waals surface area contributed by atoms with Gasteiger partial charge in [-0.1, -0.05) is 0 Å². The van der Waals surface area contributed by atoms with Gasteiger partial charge in [-0.05, 0) is 25.5 Å². The molecule has 0 aliphatic heterocycles. The Morgan fingerprint density at radius 3 is 2.75 bits per heavy atom. The van der Waals surface area contributed by atoms with E-state index in [4.69, 9.17) is 0 Å². The van der Waals surface area contributed by atoms with Crippen LogP contribution < -0.4 is 5.32 Å². The van der Waals surface area contributed by atoms with Crippen LogP contribution in [0.3, 0.4) is 0 Å². The number of carbonyl (C=O) groups excluding carboxylic acids is 1. The second-order valence-electron chi connectivity index (χ2n) is 2.72. The van der Waals surface area contributed by atoms with Gasteiger partial charge in [-0.3, -0.25) is 9.78 Å². The maximum Gasteiger partial charge on any atom is 0.251 e. The van der Waals surface area contributed by atoms with Crippen LogP contribution in [0.25, 0.3) is 0 Å². The van der Waals surface area contributed by atoms with E-state index in [1.165, 1.54) is 0 Å². The highest BCUT2D eigenvalue weighted by Gasteiger charge is 2.06. The van der Waals surface area contributed by atoms with E-state index in [0.29, 0.717) is 5.56 Å². The number of aryl methyl sites for hydroxylation is 2. The summed E-state index contributed by atoms with van der Waals surface area (Å²) in [7, 11) is 1.62. The fraction of sp³-hybridized carbons (Fsp3) is 0.333. The zero-order valence-corrected chi connectivity index (χ0v) is 7.51. The molecule has 0 aromatic carbocycles. The molecule has 0 atom stereocenters. The van der Waals surface area contributed by atoms with Crippen LogP contribution in [-0.4, -0.2) is 17.9 Å². The molecule has 1 aromatic heterocycles. The van der Waals surface area contributed by atoms with Crippen LogP contribution in [0.15, 0.2) is 12.3 Å². The topological polar surface area (TPSA) is 42.0 Å². The Morgan fingerprint density at radius 1 is 1.50 bits per heavy atom. The molecule has 12 heavy (non-hydrogen) atoms. The Labute approximate surface area is 71.8 Å². The summed E-state index contributed by atoms with van der Waals surface area (Å²) in [6.07, 6.45) is 1.71. The van der Waals surface area contributed by atoms with E-state index in [1.807, 2.05) is 13.8 Å². The van der Waals surface area contributed by atoms with E-state index >= 15 is 0 Å². The number of hydrogen-bond donors (Lipinski definition) is 1. The Hall–Kier alpha value is -1.38. The summed E-state index contributed by atoms with van der Waals surface area (Å²) in [5.41, 5.74) is 2.46. The molecule has 0 saturated carbocycles. The van der Waals surface area contributed by atoms with Crippen molar-refractivity contribution >= 4 is 5.91 Å². The van der Waals surface area contributed by atoms with Crippen molar-refractivity contribution in [2.75, 3.05) is 7.05 Å². The Bertz CT molecular complexity index is 307. The number of nitrogens with zero attached hydrogens (tertiary/aromatic N) is 1. The molecule has 0 aliphatic carbocycles. The van der Waals surface area contributed by atoms with E-state index in [-0.39, 0.29) is 5.91 Å². The summed E-state index contributed by atoms with van der Waals surface area (Å²) in [6.45, 7) is 3.74. The molecule has 1 heterocycles. The number of aromatic nitrogens is 1. The van der Waals surface area contributed by atoms with Crippen LogP contribution in [0.4, 0.5) is 0 Å². The molecule has 3 nitrogen and oxygen atoms in total. The van der Waals surface area contributed by atoms with Crippen molar-refractivity contribution in [3.8, 4) is 0 Å². The third-order valence-electron chi connectivity index (χ3n) is 1.71. The van der Waals surface area contributed by atoms with Gasteiger partial charge in [-0.25, -0.2) is 0 Å². The van der Waals surface area contributed by atoms with Crippen molar-refractivity contribution in [3.63, 3.8) is 0 Å². The van der Waals surface area contributed by atoms with Crippen LogP contribution in [0.5, 0.6) is 0 Å². The van der Waals surface area contributed by atoms with Gasteiger partial charge in [-0.15, -0.1) is 0 Å². The van der Waals surface area contributed by atoms with Gasteiger partial charge in [0.25, 0.3) is 5.91 Å². The van der Waals surface area contributed by atoms with Gasteiger partial charge in [-0.2, -0.15) is 0 Å². The van der Waals surface area contributed by atoms with Crippen LogP contribution in [0.2, 0.25) is 0 Å². The summed E-state index contributed by atoms with van der Waals surface area (Å²) in [6, 6.07) is 1.79. The summed E-state index contributed by atoms with van der Waals surface area (Å²) < 4.78 is 0. The van der Waals surface area contributed by atoms with E-state index < -0.39 is 0 Å². The van der Waals surface area contributed by atoms with Crippen molar-refractivity contribution < 1.29 is 4.79 Å². The summed E-state index contributed by atoms with van der Waals surface area (Å²) in [5.74, 6) is -0.0574. The van der Waals surface area contributed by atoms with Gasteiger partial charge in [0.15, 0.2) is 0 Å². The maximum atomic E-state index is 11.2. The Balaban J connectivity index is 3.13. The number of carbonyl (C=O) groups is 1. The number of rotatable bonds is 1. The van der Waals surface area contributed by atoms with Crippen molar-refractivity contribution in [2.24, 2.45) is 0 Å². The number of hydrogen-bond acceptors (Lipinski definition) is 2. The second kappa shape index (κ2) is 3.34. The molecule has 0 unspecified atom stereocenters. The lowest BCUT2D eigenvalue weighted by molar-refractivity contribution is 0.0962. The number of pyridine rings is 1. The molecule has 0 saturated heterocycles. The lowest BCUT2D eigenvalue weighted by atomic mass is 10.1. The zero-order chi connectivity index (χ0) is 9.14. The first-order valence-electron chi connectivity index (χ1n) is 3.80. The van der Waals surface area contributed by atoms with Gasteiger partial charge >= 0.3 is 0 Å². The average molecular weight is 164 g/mol. The average Bonchev–Trinajstić information content (AvgIpc) is 2.08. The summed E-state index contributed by atoms with van der Waals surface area (Å²) in [4.78, 5) is 15.3. The molecule has 3 heteroatoms. The van der Waals surface area contributed by atoms with E-state index in [9.17, 15) is 4.79 Å². The minimum atomic E-state index is -0.0574. The molecule has 64 valence electrons. The summed E-state index contributed by atoms with van der Waals surface area (Å²) >= 11 is 0. The molecular weight excluding hydrogens is 152 g/mol. The zero-order valence-electron chi connectivity index (χ0n) is 7.51. The van der Waals surface area contributed by atoms with Crippen LogP contribution >= 0.6 is 0 Å². The first kappa shape index (κ1) is 8.71. The first-order chi connectivity index (χ1) is 5.65. The smallest absolute Gasteiger partial charge is 0.251 e. The highest BCUT2D eigenvalue weighted by atomic mass is 16.1. The molecule has 0 fully saturated rings. The lowest BCUT2D eigenvalue weighted by Crippen LogP contribution is -2.19. The molecule has 0 radical (unpaired) electrons. The third-order valence-corrected chi connectivity index (χ3v) is 1.71. The monoisotopic (exact) mass is 164 g/mol. The predicted molar refractivity (Wildman–Crippen MR) is 47.1 cm³/mol. The van der Waals surface area contributed by atoms with Crippen LogP contribution in [-0.2, 0) is 0 Å². The van der Waals surface area contributed by atoms with Gasteiger partial charge in [0.1, 0.15) is 0 Å². The van der Waals surface area contributed by atoms with Crippen molar-refractivity contribution in [2.45, 2.75) is 13.8 Å². The minimum Gasteiger partial charge on any atom is -0.355 e. The molecule has 1 rings (SSSR count). The SMILES string of the molecule is CNC(=O)c1cc(C)ncc1C. The van der Waals surface area contributed by atoms with E-state index in [1.54, 1.807) is 19.3 Å². The Kier molecular flexibility index (Phi) is 2.43. The minimum absolute atomic E-state index is 0.0574. The van der Waals surface area contributed by atoms with E-state index in [2.05, 4.69) is 10.3 Å². The Morgan fingerprint density at radius 2 is 2.17 bits per heavy atom. The third kappa shape index (κ3) is 1.61. The highest BCUT2D eigenvalue weighted by molar-refractivity contribution is 5.95. The molecular formula is C9H12N2O. The quantitative estimate of drug-likeness (QED) is 0.674. The first-order valence-corrected chi connectivity index (χ1v) is 3.80. The van der Waals surface area contributed by atoms with Gasteiger partial charge < -0.3 is 5.32 Å². The molecule has 1 amide bonds. The van der Waals surface area contributed by atoms with E-state index in [0.717, 1.165) is 11.3 Å². The van der Waals surface area contributed by atoms with Gasteiger partial charge in [0.05, 0.1) is 0 Å². The second-order valence-corrected chi connectivity index (χ2v) is 2.72. The standard InChI is InChI=1S/C9H12N2O/c1-6-5-11-7(2)4-8(6)9(12)10-3/h4-5H,1-3H3,(H,10,12). The van der Waals surface area contributed by atoms with Crippen LogP contribution in [0, 0.1) is 13.8 Å². The molecule has 1 aromatic rings. The molecule has 1 N–H and O–H groups in total. The highest BCUT2D eigenvalue weighted by Crippen LogP contribution is 2.06. The summed E-state index contributed by atoms with van der Waals surface area (Å²) in [5, 5.41) is 2.58. The fourth-order valence-electron chi connectivity index (χ4n) is 1.01. The fourth-order valence-corrected chi connectivity index (χ4v) is 1.01. The number of amides is 1. The largest absolute Gasteiger partial charge is 0.355 e. The van der Waals surface area contributed by atoms with Crippen molar-refractivity contribution in [3.05, 3.63) is 29.1 Å². The van der Waals surface area contributed by atoms with Crippen LogP contribution in [0.1, 0.15) is 21.6 Å². The normalized spacial score (nSPS) is 9.58. The van der Waals surface area contributed by atoms with Crippen molar-refractivity contribution in [1.29, 1.82) is 0 Å². The maximum absolute atomic E-state index is 11.2. The van der Waals surface area contributed by atoms with Gasteiger partial charge in [0, 0.05) is 24.5 Å². The van der Waals surface area contributed by atoms with Gasteiger partial charge in [0.2, 0.25) is 0 Å². The number of nitrogens with one attached hydrogen (secondary N) is 1. The van der Waals surface area contributed by atoms with Crippen molar-refractivity contribution in [1.82, 2.24) is 10.3 Å². The molecule has 0 aliphatic rings. The lowest BCUT2D eigenvalue weighted by Gasteiger charge is -2.03.